The van der Waals surface area contributed by atoms with Crippen LogP contribution in [0.25, 0.3) is 0 Å². The fourth-order valence-electron chi connectivity index (χ4n) is 1.93. The van der Waals surface area contributed by atoms with E-state index in [2.05, 4.69) is 10.3 Å². The van der Waals surface area contributed by atoms with Crippen LogP contribution in [-0.2, 0) is 0 Å². The van der Waals surface area contributed by atoms with Gasteiger partial charge in [-0.2, -0.15) is 26.3 Å². The topological polar surface area (TPSA) is 24.4 Å². The zero-order valence-corrected chi connectivity index (χ0v) is 13.9. The molecule has 0 aliphatic heterocycles. The molecule has 1 saturated carbocycles. The van der Waals surface area contributed by atoms with Crippen molar-refractivity contribution in [3.05, 3.63) is 23.5 Å². The predicted octanol–water partition coefficient (Wildman–Crippen LogP) is 5.38. The SMILES string of the molecule is Cc1cc(F)c(/N=C(/NCC2CC2)C(F)(F)F)cc1SCC(F)(F)F. The van der Waals surface area contributed by atoms with Crippen molar-refractivity contribution >= 4 is 23.3 Å². The van der Waals surface area contributed by atoms with Gasteiger partial charge < -0.3 is 5.32 Å². The predicted molar refractivity (Wildman–Crippen MR) is 81.8 cm³/mol. The van der Waals surface area contributed by atoms with Crippen LogP contribution in [0, 0.1) is 18.7 Å². The number of nitrogens with one attached hydrogen (secondary N) is 1. The van der Waals surface area contributed by atoms with E-state index in [1.165, 1.54) is 6.92 Å². The van der Waals surface area contributed by atoms with E-state index in [1.807, 2.05) is 0 Å². The van der Waals surface area contributed by atoms with Gasteiger partial charge in [-0.05, 0) is 43.4 Å². The molecule has 0 atom stereocenters. The number of halogens is 7. The Hall–Kier alpha value is -1.45. The Morgan fingerprint density at radius 3 is 2.36 bits per heavy atom. The number of aliphatic imine (C=N–C) groups is 1. The van der Waals surface area contributed by atoms with E-state index < -0.39 is 35.4 Å². The van der Waals surface area contributed by atoms with E-state index in [4.69, 9.17) is 0 Å². The molecule has 1 aromatic carbocycles. The molecule has 1 N–H and O–H groups in total. The standard InChI is InChI=1S/C15H15F7N2S/c1-8-4-10(16)11(5-12(8)25-7-14(17,18)19)24-13(15(20,21)22)23-6-9-2-3-9/h4-5,9H,2-3,6-7H2,1H3,(H,23,24). The Morgan fingerprint density at radius 2 is 1.84 bits per heavy atom. The first kappa shape index (κ1) is 19.9. The van der Waals surface area contributed by atoms with Crippen molar-refractivity contribution in [3.63, 3.8) is 0 Å². The molecule has 10 heteroatoms. The summed E-state index contributed by atoms with van der Waals surface area (Å²) in [4.78, 5) is 3.32. The maximum Gasteiger partial charge on any atom is 0.449 e. The summed E-state index contributed by atoms with van der Waals surface area (Å²) < 4.78 is 90.0. The molecule has 1 fully saturated rings. The third-order valence-corrected chi connectivity index (χ3v) is 4.61. The first-order valence-electron chi connectivity index (χ1n) is 7.35. The monoisotopic (exact) mass is 388 g/mol. The number of benzene rings is 1. The van der Waals surface area contributed by atoms with E-state index in [-0.39, 0.29) is 22.9 Å². The first-order valence-corrected chi connectivity index (χ1v) is 8.34. The lowest BCUT2D eigenvalue weighted by Gasteiger charge is -2.14. The highest BCUT2D eigenvalue weighted by Crippen LogP contribution is 2.34. The second kappa shape index (κ2) is 7.43. The number of hydrogen-bond acceptors (Lipinski definition) is 2. The molecule has 0 spiro atoms. The lowest BCUT2D eigenvalue weighted by Crippen LogP contribution is -2.38. The number of nitrogens with zero attached hydrogens (tertiary/aromatic N) is 1. The van der Waals surface area contributed by atoms with E-state index >= 15 is 0 Å². The second-order valence-electron chi connectivity index (χ2n) is 5.76. The van der Waals surface area contributed by atoms with Crippen LogP contribution in [0.2, 0.25) is 0 Å². The lowest BCUT2D eigenvalue weighted by molar-refractivity contribution is -0.105. The molecule has 140 valence electrons. The summed E-state index contributed by atoms with van der Waals surface area (Å²) in [6.07, 6.45) is -7.63. The summed E-state index contributed by atoms with van der Waals surface area (Å²) in [5, 5.41) is 2.16. The van der Waals surface area contributed by atoms with E-state index in [9.17, 15) is 30.7 Å². The maximum absolute atomic E-state index is 13.9. The molecule has 1 aliphatic rings. The van der Waals surface area contributed by atoms with Crippen molar-refractivity contribution in [2.24, 2.45) is 10.9 Å². The third kappa shape index (κ3) is 6.41. The second-order valence-corrected chi connectivity index (χ2v) is 6.77. The van der Waals surface area contributed by atoms with Gasteiger partial charge in [-0.25, -0.2) is 9.38 Å². The van der Waals surface area contributed by atoms with E-state index in [0.29, 0.717) is 11.8 Å². The Morgan fingerprint density at radius 1 is 1.20 bits per heavy atom. The number of alkyl halides is 6. The van der Waals surface area contributed by atoms with Crippen LogP contribution >= 0.6 is 11.8 Å². The number of rotatable bonds is 5. The zero-order valence-electron chi connectivity index (χ0n) is 13.1. The van der Waals surface area contributed by atoms with Crippen LogP contribution in [-0.4, -0.2) is 30.5 Å². The minimum atomic E-state index is -4.81. The molecular weight excluding hydrogens is 373 g/mol. The van der Waals surface area contributed by atoms with E-state index in [1.54, 1.807) is 0 Å². The normalized spacial score (nSPS) is 16.2. The fraction of sp³-hybridized carbons (Fsp3) is 0.533. The van der Waals surface area contributed by atoms with Crippen LogP contribution in [0.4, 0.5) is 36.4 Å². The Balaban J connectivity index is 2.27. The van der Waals surface area contributed by atoms with Crippen LogP contribution in [0.1, 0.15) is 18.4 Å². The summed E-state index contributed by atoms with van der Waals surface area (Å²) in [5.41, 5.74) is -0.448. The molecule has 0 heterocycles. The molecule has 0 unspecified atom stereocenters. The molecule has 25 heavy (non-hydrogen) atoms. The van der Waals surface area contributed by atoms with E-state index in [0.717, 1.165) is 25.0 Å². The molecule has 0 aromatic heterocycles. The molecular formula is C15H15F7N2S. The van der Waals surface area contributed by atoms with Crippen molar-refractivity contribution in [1.82, 2.24) is 5.32 Å². The summed E-state index contributed by atoms with van der Waals surface area (Å²) in [7, 11) is 0. The van der Waals surface area contributed by atoms with Gasteiger partial charge in [-0.15, -0.1) is 11.8 Å². The number of thioether (sulfide) groups is 1. The maximum atomic E-state index is 13.9. The summed E-state index contributed by atoms with van der Waals surface area (Å²) >= 11 is 0.377. The quantitative estimate of drug-likeness (QED) is 0.317. The molecule has 2 nitrogen and oxygen atoms in total. The Labute approximate surface area is 143 Å². The van der Waals surface area contributed by atoms with Gasteiger partial charge >= 0.3 is 12.4 Å². The number of hydrogen-bond donors (Lipinski definition) is 1. The smallest absolute Gasteiger partial charge is 0.366 e. The van der Waals surface area contributed by atoms with Gasteiger partial charge in [-0.3, -0.25) is 0 Å². The third-order valence-electron chi connectivity index (χ3n) is 3.39. The molecule has 0 bridgehead atoms. The van der Waals surface area contributed by atoms with Crippen molar-refractivity contribution in [2.75, 3.05) is 12.3 Å². The van der Waals surface area contributed by atoms with Gasteiger partial charge in [0.25, 0.3) is 0 Å². The molecule has 0 saturated heterocycles. The van der Waals surface area contributed by atoms with Gasteiger partial charge in [0.2, 0.25) is 5.84 Å². The van der Waals surface area contributed by atoms with Crippen LogP contribution in [0.15, 0.2) is 22.0 Å². The minimum Gasteiger partial charge on any atom is -0.366 e. The van der Waals surface area contributed by atoms with Gasteiger partial charge in [0, 0.05) is 11.4 Å². The van der Waals surface area contributed by atoms with Crippen molar-refractivity contribution in [2.45, 2.75) is 37.0 Å². The van der Waals surface area contributed by atoms with Crippen molar-refractivity contribution < 1.29 is 30.7 Å². The average molecular weight is 388 g/mol. The summed E-state index contributed by atoms with van der Waals surface area (Å²) in [6.45, 7) is 1.45. The van der Waals surface area contributed by atoms with Gasteiger partial charge in [0.15, 0.2) is 0 Å². The largest absolute Gasteiger partial charge is 0.449 e. The lowest BCUT2D eigenvalue weighted by atomic mass is 10.2. The number of amidine groups is 1. The molecule has 1 aliphatic carbocycles. The fourth-order valence-corrected chi connectivity index (χ4v) is 2.73. The number of aryl methyl sites for hydroxylation is 1. The molecule has 0 radical (unpaired) electrons. The van der Waals surface area contributed by atoms with Crippen molar-refractivity contribution in [1.29, 1.82) is 0 Å². The van der Waals surface area contributed by atoms with Gasteiger partial charge in [0.05, 0.1) is 5.75 Å². The van der Waals surface area contributed by atoms with Crippen LogP contribution in [0.5, 0.6) is 0 Å². The van der Waals surface area contributed by atoms with Gasteiger partial charge in [0.1, 0.15) is 11.5 Å². The molecule has 0 amide bonds. The van der Waals surface area contributed by atoms with Crippen LogP contribution in [0.3, 0.4) is 0 Å². The highest BCUT2D eigenvalue weighted by molar-refractivity contribution is 7.99. The average Bonchev–Trinajstić information content (AvgIpc) is 3.26. The summed E-state index contributed by atoms with van der Waals surface area (Å²) in [6, 6.07) is 1.79. The Kier molecular flexibility index (Phi) is 5.90. The highest BCUT2D eigenvalue weighted by atomic mass is 32.2. The first-order chi connectivity index (χ1) is 11.5. The summed E-state index contributed by atoms with van der Waals surface area (Å²) in [5.74, 6) is -3.47. The van der Waals surface area contributed by atoms with Crippen LogP contribution < -0.4 is 5.32 Å². The zero-order chi connectivity index (χ0) is 18.8. The molecule has 1 aromatic rings. The van der Waals surface area contributed by atoms with Gasteiger partial charge in [-0.1, -0.05) is 0 Å². The minimum absolute atomic E-state index is 0.0289. The van der Waals surface area contributed by atoms with Crippen molar-refractivity contribution in [3.8, 4) is 0 Å². The highest BCUT2D eigenvalue weighted by Gasteiger charge is 2.37. The Bertz CT molecular complexity index is 649. The molecule has 2 rings (SSSR count).